The predicted octanol–water partition coefficient (Wildman–Crippen LogP) is 5.14. The van der Waals surface area contributed by atoms with Gasteiger partial charge in [0.25, 0.3) is 0 Å². The summed E-state index contributed by atoms with van der Waals surface area (Å²) < 4.78 is 5.09. The van der Waals surface area contributed by atoms with Gasteiger partial charge in [-0.15, -0.1) is 0 Å². The number of carbonyl (C=O) groups is 2. The Morgan fingerprint density at radius 2 is 1.56 bits per heavy atom. The molecule has 0 heterocycles. The molecule has 0 aliphatic heterocycles. The SMILES string of the molecule is Cc1ccc(NC(=O)Nc2cccc(C(C)NC(=O)OC(C)C)c2)cc1C. The average molecular weight is 369 g/mol. The molecule has 1 atom stereocenters. The highest BCUT2D eigenvalue weighted by Crippen LogP contribution is 2.19. The number of hydrogen-bond acceptors (Lipinski definition) is 3. The van der Waals surface area contributed by atoms with Gasteiger partial charge in [-0.1, -0.05) is 18.2 Å². The molecule has 2 aromatic rings. The van der Waals surface area contributed by atoms with Crippen molar-refractivity contribution >= 4 is 23.5 Å². The van der Waals surface area contributed by atoms with Crippen LogP contribution in [0.15, 0.2) is 42.5 Å². The van der Waals surface area contributed by atoms with Crippen LogP contribution >= 0.6 is 0 Å². The molecule has 0 spiro atoms. The molecule has 3 amide bonds. The summed E-state index contributed by atoms with van der Waals surface area (Å²) in [5.41, 5.74) is 4.52. The van der Waals surface area contributed by atoms with Crippen LogP contribution in [0.1, 0.15) is 43.5 Å². The van der Waals surface area contributed by atoms with E-state index >= 15 is 0 Å². The first-order chi connectivity index (χ1) is 12.7. The van der Waals surface area contributed by atoms with Crippen LogP contribution in [-0.2, 0) is 4.74 Å². The lowest BCUT2D eigenvalue weighted by Gasteiger charge is -2.17. The van der Waals surface area contributed by atoms with Crippen molar-refractivity contribution in [3.63, 3.8) is 0 Å². The van der Waals surface area contributed by atoms with Crippen LogP contribution in [0.5, 0.6) is 0 Å². The van der Waals surface area contributed by atoms with Crippen molar-refractivity contribution in [2.24, 2.45) is 0 Å². The molecule has 0 saturated heterocycles. The van der Waals surface area contributed by atoms with Crippen LogP contribution in [0.2, 0.25) is 0 Å². The Bertz CT molecular complexity index is 818. The molecule has 1 unspecified atom stereocenters. The van der Waals surface area contributed by atoms with E-state index in [-0.39, 0.29) is 18.2 Å². The minimum absolute atomic E-state index is 0.181. The number of ether oxygens (including phenoxy) is 1. The summed E-state index contributed by atoms with van der Waals surface area (Å²) in [5.74, 6) is 0. The molecule has 0 aromatic heterocycles. The van der Waals surface area contributed by atoms with Crippen molar-refractivity contribution in [3.8, 4) is 0 Å². The van der Waals surface area contributed by atoms with Gasteiger partial charge in [0.1, 0.15) is 0 Å². The van der Waals surface area contributed by atoms with Crippen LogP contribution in [0.3, 0.4) is 0 Å². The molecule has 2 aromatic carbocycles. The molecule has 0 fully saturated rings. The predicted molar refractivity (Wildman–Crippen MR) is 108 cm³/mol. The van der Waals surface area contributed by atoms with E-state index in [0.29, 0.717) is 5.69 Å². The Morgan fingerprint density at radius 3 is 2.19 bits per heavy atom. The minimum atomic E-state index is -0.469. The van der Waals surface area contributed by atoms with Gasteiger partial charge in [0.15, 0.2) is 0 Å². The maximum Gasteiger partial charge on any atom is 0.407 e. The van der Waals surface area contributed by atoms with Gasteiger partial charge in [-0.05, 0) is 75.6 Å². The average Bonchev–Trinajstić information content (AvgIpc) is 2.57. The van der Waals surface area contributed by atoms with Crippen molar-refractivity contribution in [1.29, 1.82) is 0 Å². The van der Waals surface area contributed by atoms with Gasteiger partial charge in [0.05, 0.1) is 12.1 Å². The van der Waals surface area contributed by atoms with Crippen molar-refractivity contribution in [2.75, 3.05) is 10.6 Å². The van der Waals surface area contributed by atoms with Crippen molar-refractivity contribution < 1.29 is 14.3 Å². The summed E-state index contributed by atoms with van der Waals surface area (Å²) in [4.78, 5) is 24.0. The lowest BCUT2D eigenvalue weighted by Crippen LogP contribution is -2.29. The third-order valence-electron chi connectivity index (χ3n) is 4.09. The van der Waals surface area contributed by atoms with Crippen LogP contribution < -0.4 is 16.0 Å². The Balaban J connectivity index is 1.98. The highest BCUT2D eigenvalue weighted by Gasteiger charge is 2.12. The minimum Gasteiger partial charge on any atom is -0.447 e. The fraction of sp³-hybridized carbons (Fsp3) is 0.333. The van der Waals surface area contributed by atoms with E-state index in [1.807, 2.05) is 57.2 Å². The monoisotopic (exact) mass is 369 g/mol. The molecule has 0 aliphatic carbocycles. The van der Waals surface area contributed by atoms with Crippen molar-refractivity contribution in [1.82, 2.24) is 5.32 Å². The van der Waals surface area contributed by atoms with Gasteiger partial charge in [0, 0.05) is 11.4 Å². The number of nitrogens with one attached hydrogen (secondary N) is 3. The van der Waals surface area contributed by atoms with Crippen LogP contribution in [-0.4, -0.2) is 18.2 Å². The van der Waals surface area contributed by atoms with Gasteiger partial charge in [0.2, 0.25) is 0 Å². The second-order valence-electron chi connectivity index (χ2n) is 6.82. The zero-order valence-electron chi connectivity index (χ0n) is 16.4. The maximum absolute atomic E-state index is 12.2. The largest absolute Gasteiger partial charge is 0.447 e. The molecule has 6 nitrogen and oxygen atoms in total. The van der Waals surface area contributed by atoms with Gasteiger partial charge in [-0.2, -0.15) is 0 Å². The Hall–Kier alpha value is -3.02. The first-order valence-electron chi connectivity index (χ1n) is 8.97. The number of aryl methyl sites for hydroxylation is 2. The topological polar surface area (TPSA) is 79.5 Å². The first kappa shape index (κ1) is 20.3. The summed E-state index contributed by atoms with van der Waals surface area (Å²) in [6.07, 6.45) is -0.650. The zero-order chi connectivity index (χ0) is 20.0. The van der Waals surface area contributed by atoms with E-state index in [1.54, 1.807) is 19.9 Å². The summed E-state index contributed by atoms with van der Waals surface area (Å²) >= 11 is 0. The van der Waals surface area contributed by atoms with Crippen molar-refractivity contribution in [2.45, 2.75) is 46.8 Å². The molecular weight excluding hydrogens is 342 g/mol. The second-order valence-corrected chi connectivity index (χ2v) is 6.82. The summed E-state index contributed by atoms with van der Waals surface area (Å²) in [7, 11) is 0. The van der Waals surface area contributed by atoms with Crippen LogP contribution in [0, 0.1) is 13.8 Å². The highest BCUT2D eigenvalue weighted by atomic mass is 16.6. The number of rotatable bonds is 5. The standard InChI is InChI=1S/C21H27N3O3/c1-13(2)27-21(26)22-16(5)17-7-6-8-18(12-17)23-20(25)24-19-10-9-14(3)15(4)11-19/h6-13,16H,1-5H3,(H,22,26)(H2,23,24,25). The van der Waals surface area contributed by atoms with Gasteiger partial charge < -0.3 is 20.7 Å². The normalized spacial score (nSPS) is 11.6. The summed E-state index contributed by atoms with van der Waals surface area (Å²) in [5, 5.41) is 8.40. The third-order valence-corrected chi connectivity index (χ3v) is 4.09. The molecule has 0 saturated carbocycles. The van der Waals surface area contributed by atoms with Crippen LogP contribution in [0.4, 0.5) is 21.0 Å². The fourth-order valence-electron chi connectivity index (χ4n) is 2.51. The maximum atomic E-state index is 12.2. The Kier molecular flexibility index (Phi) is 6.82. The van der Waals surface area contributed by atoms with E-state index in [0.717, 1.165) is 16.8 Å². The van der Waals surface area contributed by atoms with E-state index < -0.39 is 6.09 Å². The first-order valence-corrected chi connectivity index (χ1v) is 8.97. The van der Waals surface area contributed by atoms with E-state index in [1.165, 1.54) is 5.56 Å². The number of alkyl carbamates (subject to hydrolysis) is 1. The summed E-state index contributed by atoms with van der Waals surface area (Å²) in [6, 6.07) is 12.5. The Labute approximate surface area is 160 Å². The second kappa shape index (κ2) is 9.07. The molecule has 0 radical (unpaired) electrons. The van der Waals surface area contributed by atoms with E-state index in [4.69, 9.17) is 4.74 Å². The van der Waals surface area contributed by atoms with Gasteiger partial charge >= 0.3 is 12.1 Å². The number of carbonyl (C=O) groups excluding carboxylic acids is 2. The number of amides is 3. The van der Waals surface area contributed by atoms with Crippen molar-refractivity contribution in [3.05, 3.63) is 59.2 Å². The molecular formula is C21H27N3O3. The third kappa shape index (κ3) is 6.33. The number of benzene rings is 2. The quantitative estimate of drug-likeness (QED) is 0.682. The molecule has 3 N–H and O–H groups in total. The Morgan fingerprint density at radius 1 is 0.889 bits per heavy atom. The lowest BCUT2D eigenvalue weighted by atomic mass is 10.1. The fourth-order valence-corrected chi connectivity index (χ4v) is 2.51. The molecule has 0 aliphatic rings. The summed E-state index contributed by atoms with van der Waals surface area (Å²) in [6.45, 7) is 9.47. The van der Waals surface area contributed by atoms with Gasteiger partial charge in [-0.3, -0.25) is 0 Å². The van der Waals surface area contributed by atoms with E-state index in [9.17, 15) is 9.59 Å². The smallest absolute Gasteiger partial charge is 0.407 e. The highest BCUT2D eigenvalue weighted by molar-refractivity contribution is 5.99. The number of hydrogen-bond donors (Lipinski definition) is 3. The van der Waals surface area contributed by atoms with Crippen LogP contribution in [0.25, 0.3) is 0 Å². The molecule has 0 bridgehead atoms. The molecule has 2 rings (SSSR count). The number of anilines is 2. The molecule has 144 valence electrons. The molecule has 27 heavy (non-hydrogen) atoms. The zero-order valence-corrected chi connectivity index (χ0v) is 16.4. The van der Waals surface area contributed by atoms with Gasteiger partial charge in [-0.25, -0.2) is 9.59 Å². The lowest BCUT2D eigenvalue weighted by molar-refractivity contribution is 0.113. The molecule has 6 heteroatoms. The number of urea groups is 1. The van der Waals surface area contributed by atoms with E-state index in [2.05, 4.69) is 16.0 Å².